The van der Waals surface area contributed by atoms with Crippen molar-refractivity contribution < 1.29 is 0 Å². The SMILES string of the molecule is CCCN1CCC(CN=C(NCC)N2CCN(c3cccs3)CC2)C1. The molecule has 0 amide bonds. The summed E-state index contributed by atoms with van der Waals surface area (Å²) in [6, 6.07) is 4.36. The highest BCUT2D eigenvalue weighted by molar-refractivity contribution is 7.14. The number of hydrogen-bond donors (Lipinski definition) is 1. The van der Waals surface area contributed by atoms with Crippen LogP contribution in [-0.2, 0) is 0 Å². The molecule has 2 aliphatic rings. The maximum absolute atomic E-state index is 4.99. The van der Waals surface area contributed by atoms with Crippen molar-refractivity contribution in [3.63, 3.8) is 0 Å². The Hall–Kier alpha value is -1.27. The zero-order valence-electron chi connectivity index (χ0n) is 15.8. The van der Waals surface area contributed by atoms with Gasteiger partial charge in [-0.25, -0.2) is 0 Å². The zero-order valence-corrected chi connectivity index (χ0v) is 16.6. The van der Waals surface area contributed by atoms with Gasteiger partial charge in [-0.15, -0.1) is 11.3 Å². The summed E-state index contributed by atoms with van der Waals surface area (Å²) in [5.74, 6) is 1.84. The monoisotopic (exact) mass is 363 g/mol. The van der Waals surface area contributed by atoms with E-state index in [-0.39, 0.29) is 0 Å². The summed E-state index contributed by atoms with van der Waals surface area (Å²) in [6.07, 6.45) is 2.56. The van der Waals surface area contributed by atoms with Crippen molar-refractivity contribution in [1.29, 1.82) is 0 Å². The molecule has 3 rings (SSSR count). The fraction of sp³-hybridized carbons (Fsp3) is 0.737. The van der Waals surface area contributed by atoms with E-state index in [1.807, 2.05) is 11.3 Å². The van der Waals surface area contributed by atoms with Gasteiger partial charge in [0, 0.05) is 45.8 Å². The first kappa shape index (κ1) is 18.5. The van der Waals surface area contributed by atoms with Crippen LogP contribution in [-0.4, -0.2) is 74.7 Å². The summed E-state index contributed by atoms with van der Waals surface area (Å²) in [4.78, 5) is 12.5. The van der Waals surface area contributed by atoms with Crippen LogP contribution >= 0.6 is 11.3 Å². The molecule has 0 aliphatic carbocycles. The Bertz CT molecular complexity index is 522. The van der Waals surface area contributed by atoms with Crippen LogP contribution in [0.5, 0.6) is 0 Å². The van der Waals surface area contributed by atoms with Crippen LogP contribution in [0.15, 0.2) is 22.5 Å². The van der Waals surface area contributed by atoms with Gasteiger partial charge in [-0.2, -0.15) is 0 Å². The predicted molar refractivity (Wildman–Crippen MR) is 109 cm³/mol. The van der Waals surface area contributed by atoms with E-state index in [1.54, 1.807) is 0 Å². The van der Waals surface area contributed by atoms with Gasteiger partial charge in [-0.3, -0.25) is 4.99 Å². The maximum atomic E-state index is 4.99. The molecule has 0 radical (unpaired) electrons. The molecule has 0 bridgehead atoms. The first-order valence-corrected chi connectivity index (χ1v) is 10.7. The van der Waals surface area contributed by atoms with E-state index in [4.69, 9.17) is 4.99 Å². The second-order valence-corrected chi connectivity index (χ2v) is 8.00. The van der Waals surface area contributed by atoms with E-state index in [0.717, 1.165) is 51.1 Å². The lowest BCUT2D eigenvalue weighted by molar-refractivity contribution is 0.325. The summed E-state index contributed by atoms with van der Waals surface area (Å²) in [7, 11) is 0. The molecule has 2 aliphatic heterocycles. The minimum Gasteiger partial charge on any atom is -0.360 e. The first-order chi connectivity index (χ1) is 12.3. The van der Waals surface area contributed by atoms with Gasteiger partial charge in [0.15, 0.2) is 5.96 Å². The van der Waals surface area contributed by atoms with E-state index in [2.05, 4.69) is 51.4 Å². The number of rotatable bonds is 6. The van der Waals surface area contributed by atoms with Crippen LogP contribution in [0.1, 0.15) is 26.7 Å². The predicted octanol–water partition coefficient (Wildman–Crippen LogP) is 2.57. The lowest BCUT2D eigenvalue weighted by Gasteiger charge is -2.37. The molecule has 0 aromatic carbocycles. The van der Waals surface area contributed by atoms with Gasteiger partial charge in [-0.1, -0.05) is 6.92 Å². The molecule has 1 unspecified atom stereocenters. The Labute approximate surface area is 156 Å². The van der Waals surface area contributed by atoms with Crippen molar-refractivity contribution in [1.82, 2.24) is 15.1 Å². The molecule has 0 saturated carbocycles. The van der Waals surface area contributed by atoms with Crippen LogP contribution < -0.4 is 10.2 Å². The maximum Gasteiger partial charge on any atom is 0.194 e. The lowest BCUT2D eigenvalue weighted by Crippen LogP contribution is -2.52. The number of nitrogens with one attached hydrogen (secondary N) is 1. The highest BCUT2D eigenvalue weighted by Crippen LogP contribution is 2.22. The third kappa shape index (κ3) is 5.11. The van der Waals surface area contributed by atoms with Crippen molar-refractivity contribution in [2.45, 2.75) is 26.7 Å². The number of nitrogens with zero attached hydrogens (tertiary/aromatic N) is 4. The van der Waals surface area contributed by atoms with E-state index in [1.165, 1.54) is 37.5 Å². The highest BCUT2D eigenvalue weighted by Gasteiger charge is 2.23. The van der Waals surface area contributed by atoms with Gasteiger partial charge in [0.05, 0.1) is 5.00 Å². The van der Waals surface area contributed by atoms with Crippen molar-refractivity contribution in [2.24, 2.45) is 10.9 Å². The second-order valence-electron chi connectivity index (χ2n) is 7.08. The van der Waals surface area contributed by atoms with Crippen LogP contribution in [0.25, 0.3) is 0 Å². The fourth-order valence-electron chi connectivity index (χ4n) is 3.81. The number of anilines is 1. The zero-order chi connectivity index (χ0) is 17.5. The Kier molecular flexibility index (Phi) is 6.99. The Morgan fingerprint density at radius 3 is 2.76 bits per heavy atom. The van der Waals surface area contributed by atoms with E-state index in [9.17, 15) is 0 Å². The van der Waals surface area contributed by atoms with E-state index >= 15 is 0 Å². The molecule has 5 nitrogen and oxygen atoms in total. The van der Waals surface area contributed by atoms with Gasteiger partial charge < -0.3 is 20.0 Å². The average Bonchev–Trinajstić information content (AvgIpc) is 3.31. The molecule has 0 spiro atoms. The summed E-state index contributed by atoms with van der Waals surface area (Å²) in [6.45, 7) is 14.3. The minimum absolute atomic E-state index is 0.729. The molecule has 1 N–H and O–H groups in total. The Balaban J connectivity index is 1.51. The van der Waals surface area contributed by atoms with Gasteiger partial charge in [0.1, 0.15) is 0 Å². The molecule has 2 saturated heterocycles. The number of aliphatic imine (C=N–C) groups is 1. The molecule has 3 heterocycles. The average molecular weight is 364 g/mol. The molecular weight excluding hydrogens is 330 g/mol. The molecular formula is C19H33N5S. The van der Waals surface area contributed by atoms with E-state index < -0.39 is 0 Å². The van der Waals surface area contributed by atoms with Crippen LogP contribution in [0.3, 0.4) is 0 Å². The number of likely N-dealkylation sites (tertiary alicyclic amines) is 1. The molecule has 1 aromatic heterocycles. The third-order valence-corrected chi connectivity index (χ3v) is 6.07. The number of guanidine groups is 1. The number of hydrogen-bond acceptors (Lipinski definition) is 4. The number of piperazine rings is 1. The van der Waals surface area contributed by atoms with Gasteiger partial charge >= 0.3 is 0 Å². The lowest BCUT2D eigenvalue weighted by atomic mass is 10.1. The Morgan fingerprint density at radius 1 is 1.24 bits per heavy atom. The topological polar surface area (TPSA) is 34.1 Å². The fourth-order valence-corrected chi connectivity index (χ4v) is 4.60. The van der Waals surface area contributed by atoms with Crippen molar-refractivity contribution >= 4 is 22.3 Å². The normalized spacial score (nSPS) is 22.6. The highest BCUT2D eigenvalue weighted by atomic mass is 32.1. The van der Waals surface area contributed by atoms with Gasteiger partial charge in [0.2, 0.25) is 0 Å². The molecule has 1 atom stereocenters. The smallest absolute Gasteiger partial charge is 0.194 e. The van der Waals surface area contributed by atoms with Crippen molar-refractivity contribution in [2.75, 3.05) is 63.8 Å². The molecule has 2 fully saturated rings. The summed E-state index contributed by atoms with van der Waals surface area (Å²) in [5, 5.41) is 7.06. The second kappa shape index (κ2) is 9.43. The van der Waals surface area contributed by atoms with Crippen molar-refractivity contribution in [3.8, 4) is 0 Å². The minimum atomic E-state index is 0.729. The molecule has 6 heteroatoms. The quantitative estimate of drug-likeness (QED) is 0.622. The third-order valence-electron chi connectivity index (χ3n) is 5.14. The Morgan fingerprint density at radius 2 is 2.08 bits per heavy atom. The largest absolute Gasteiger partial charge is 0.360 e. The summed E-state index contributed by atoms with van der Waals surface area (Å²) < 4.78 is 0. The van der Waals surface area contributed by atoms with E-state index in [0.29, 0.717) is 0 Å². The standard InChI is InChI=1S/C19H33N5S/c1-3-8-22-9-7-17(16-22)15-21-19(20-4-2)24-12-10-23(11-13-24)18-6-5-14-25-18/h5-6,14,17H,3-4,7-13,15-16H2,1-2H3,(H,20,21). The molecule has 1 aromatic rings. The van der Waals surface area contributed by atoms with Crippen LogP contribution in [0.2, 0.25) is 0 Å². The van der Waals surface area contributed by atoms with Gasteiger partial charge in [0.25, 0.3) is 0 Å². The van der Waals surface area contributed by atoms with Crippen LogP contribution in [0, 0.1) is 5.92 Å². The first-order valence-electron chi connectivity index (χ1n) is 9.84. The summed E-state index contributed by atoms with van der Waals surface area (Å²) in [5.41, 5.74) is 0. The summed E-state index contributed by atoms with van der Waals surface area (Å²) >= 11 is 1.84. The van der Waals surface area contributed by atoms with Gasteiger partial charge in [-0.05, 0) is 56.3 Å². The molecule has 140 valence electrons. The number of thiophene rings is 1. The molecule has 25 heavy (non-hydrogen) atoms. The van der Waals surface area contributed by atoms with Crippen LogP contribution in [0.4, 0.5) is 5.00 Å². The van der Waals surface area contributed by atoms with Crippen molar-refractivity contribution in [3.05, 3.63) is 17.5 Å².